The van der Waals surface area contributed by atoms with Gasteiger partial charge in [-0.25, -0.2) is 0 Å². The van der Waals surface area contributed by atoms with Gasteiger partial charge >= 0.3 is 0 Å². The predicted molar refractivity (Wildman–Crippen MR) is 77.3 cm³/mol. The Morgan fingerprint density at radius 2 is 1.89 bits per heavy atom. The molecule has 4 heteroatoms. The van der Waals surface area contributed by atoms with Crippen LogP contribution in [0.4, 0.5) is 0 Å². The molecule has 0 spiro atoms. The first-order valence-electron chi connectivity index (χ1n) is 6.80. The summed E-state index contributed by atoms with van der Waals surface area (Å²) in [5.74, 6) is 0.879. The molecule has 0 radical (unpaired) electrons. The molecule has 0 bridgehead atoms. The Balaban J connectivity index is 2.68. The third kappa shape index (κ3) is 4.56. The molecule has 1 rings (SSSR count). The van der Waals surface area contributed by atoms with Crippen molar-refractivity contribution in [3.05, 3.63) is 29.8 Å². The molecule has 1 aromatic rings. The number of hydrogen-bond donors (Lipinski definition) is 2. The fraction of sp³-hybridized carbons (Fsp3) is 0.533. The molecule has 2 N–H and O–H groups in total. The second-order valence-electron chi connectivity index (χ2n) is 4.52. The van der Waals surface area contributed by atoms with Crippen LogP contribution < -0.4 is 15.4 Å². The third-order valence-electron chi connectivity index (χ3n) is 3.12. The number of carbonyl (C=O) groups excluding carboxylic acids is 1. The van der Waals surface area contributed by atoms with Crippen LogP contribution in [-0.4, -0.2) is 25.6 Å². The summed E-state index contributed by atoms with van der Waals surface area (Å²) in [5.41, 5.74) is 1.17. The van der Waals surface area contributed by atoms with Gasteiger partial charge in [0, 0.05) is 12.6 Å². The van der Waals surface area contributed by atoms with Crippen molar-refractivity contribution in [2.24, 2.45) is 0 Å². The molecule has 1 aromatic carbocycles. The van der Waals surface area contributed by atoms with E-state index in [9.17, 15) is 4.79 Å². The minimum absolute atomic E-state index is 0.0365. The fourth-order valence-corrected chi connectivity index (χ4v) is 1.99. The van der Waals surface area contributed by atoms with Gasteiger partial charge in [-0.3, -0.25) is 10.1 Å². The highest BCUT2D eigenvalue weighted by atomic mass is 16.5. The van der Waals surface area contributed by atoms with Gasteiger partial charge in [0.1, 0.15) is 5.75 Å². The topological polar surface area (TPSA) is 50.4 Å². The highest BCUT2D eigenvalue weighted by molar-refractivity contribution is 5.81. The van der Waals surface area contributed by atoms with Crippen molar-refractivity contribution in [1.82, 2.24) is 10.6 Å². The van der Waals surface area contributed by atoms with Crippen molar-refractivity contribution in [3.63, 3.8) is 0 Å². The SMILES string of the molecule is CCNC(=O)[C@@H](C)N[C@@H](CC)c1ccc(OC)cc1. The summed E-state index contributed by atoms with van der Waals surface area (Å²) in [4.78, 5) is 11.7. The van der Waals surface area contributed by atoms with E-state index < -0.39 is 0 Å². The molecule has 1 amide bonds. The zero-order valence-electron chi connectivity index (χ0n) is 12.2. The van der Waals surface area contributed by atoms with Crippen molar-refractivity contribution >= 4 is 5.91 Å². The molecular weight excluding hydrogens is 240 g/mol. The summed E-state index contributed by atoms with van der Waals surface area (Å²) in [7, 11) is 1.65. The van der Waals surface area contributed by atoms with Gasteiger partial charge in [-0.1, -0.05) is 19.1 Å². The average molecular weight is 264 g/mol. The summed E-state index contributed by atoms with van der Waals surface area (Å²) >= 11 is 0. The number of benzene rings is 1. The van der Waals surface area contributed by atoms with Crippen molar-refractivity contribution < 1.29 is 9.53 Å². The second-order valence-corrected chi connectivity index (χ2v) is 4.52. The Labute approximate surface area is 115 Å². The van der Waals surface area contributed by atoms with Crippen LogP contribution in [0.25, 0.3) is 0 Å². The monoisotopic (exact) mass is 264 g/mol. The number of rotatable bonds is 7. The van der Waals surface area contributed by atoms with Gasteiger partial charge in [0.25, 0.3) is 0 Å². The molecule has 106 valence electrons. The molecule has 0 saturated heterocycles. The zero-order chi connectivity index (χ0) is 14.3. The van der Waals surface area contributed by atoms with Crippen molar-refractivity contribution in [3.8, 4) is 5.75 Å². The molecule has 0 unspecified atom stereocenters. The smallest absolute Gasteiger partial charge is 0.236 e. The van der Waals surface area contributed by atoms with Gasteiger partial charge in [-0.2, -0.15) is 0 Å². The highest BCUT2D eigenvalue weighted by Gasteiger charge is 2.17. The van der Waals surface area contributed by atoms with E-state index in [0.717, 1.165) is 12.2 Å². The van der Waals surface area contributed by atoms with Gasteiger partial charge in [-0.05, 0) is 38.0 Å². The van der Waals surface area contributed by atoms with E-state index in [1.807, 2.05) is 38.1 Å². The first kappa shape index (κ1) is 15.5. The van der Waals surface area contributed by atoms with Crippen LogP contribution in [-0.2, 0) is 4.79 Å². The van der Waals surface area contributed by atoms with E-state index in [1.165, 1.54) is 5.56 Å². The largest absolute Gasteiger partial charge is 0.497 e. The lowest BCUT2D eigenvalue weighted by atomic mass is 10.0. The van der Waals surface area contributed by atoms with Gasteiger partial charge in [0.15, 0.2) is 0 Å². The maximum atomic E-state index is 11.7. The number of carbonyl (C=O) groups is 1. The Hall–Kier alpha value is -1.55. The molecule has 0 heterocycles. The number of hydrogen-bond acceptors (Lipinski definition) is 3. The van der Waals surface area contributed by atoms with Crippen LogP contribution in [0.5, 0.6) is 5.75 Å². The van der Waals surface area contributed by atoms with Crippen LogP contribution in [0.1, 0.15) is 38.8 Å². The Bertz CT molecular complexity index is 390. The summed E-state index contributed by atoms with van der Waals surface area (Å²) in [6, 6.07) is 7.91. The van der Waals surface area contributed by atoms with Crippen LogP contribution >= 0.6 is 0 Å². The number of likely N-dealkylation sites (N-methyl/N-ethyl adjacent to an activating group) is 1. The van der Waals surface area contributed by atoms with Crippen LogP contribution in [0.2, 0.25) is 0 Å². The van der Waals surface area contributed by atoms with Crippen molar-refractivity contribution in [1.29, 1.82) is 0 Å². The number of nitrogens with one attached hydrogen (secondary N) is 2. The predicted octanol–water partition coefficient (Wildman–Crippen LogP) is 2.26. The normalized spacial score (nSPS) is 13.7. The summed E-state index contributed by atoms with van der Waals surface area (Å²) in [6.07, 6.45) is 0.927. The Morgan fingerprint density at radius 3 is 2.37 bits per heavy atom. The van der Waals surface area contributed by atoms with Crippen molar-refractivity contribution in [2.45, 2.75) is 39.3 Å². The number of methoxy groups -OCH3 is 1. The first-order valence-corrected chi connectivity index (χ1v) is 6.80. The molecule has 0 saturated carbocycles. The third-order valence-corrected chi connectivity index (χ3v) is 3.12. The maximum Gasteiger partial charge on any atom is 0.236 e. The Kier molecular flexibility index (Phi) is 6.36. The van der Waals surface area contributed by atoms with Gasteiger partial charge in [0.05, 0.1) is 13.2 Å². The highest BCUT2D eigenvalue weighted by Crippen LogP contribution is 2.20. The minimum Gasteiger partial charge on any atom is -0.497 e. The quantitative estimate of drug-likeness (QED) is 0.794. The summed E-state index contributed by atoms with van der Waals surface area (Å²) in [6.45, 7) is 6.57. The molecule has 19 heavy (non-hydrogen) atoms. The maximum absolute atomic E-state index is 11.7. The van der Waals surface area contributed by atoms with Crippen LogP contribution in [0, 0.1) is 0 Å². The lowest BCUT2D eigenvalue weighted by Crippen LogP contribution is -2.43. The lowest BCUT2D eigenvalue weighted by molar-refractivity contribution is -0.122. The van der Waals surface area contributed by atoms with E-state index in [0.29, 0.717) is 6.54 Å². The second kappa shape index (κ2) is 7.79. The Morgan fingerprint density at radius 1 is 1.26 bits per heavy atom. The van der Waals surface area contributed by atoms with Gasteiger partial charge in [0.2, 0.25) is 5.91 Å². The van der Waals surface area contributed by atoms with Gasteiger partial charge in [-0.15, -0.1) is 0 Å². The number of amides is 1. The zero-order valence-corrected chi connectivity index (χ0v) is 12.2. The minimum atomic E-state index is -0.202. The van der Waals surface area contributed by atoms with E-state index >= 15 is 0 Å². The fourth-order valence-electron chi connectivity index (χ4n) is 1.99. The van der Waals surface area contributed by atoms with Crippen molar-refractivity contribution in [2.75, 3.05) is 13.7 Å². The van der Waals surface area contributed by atoms with Gasteiger partial charge < -0.3 is 10.1 Å². The molecule has 0 aliphatic carbocycles. The van der Waals surface area contributed by atoms with E-state index in [4.69, 9.17) is 4.74 Å². The number of ether oxygens (including phenoxy) is 1. The summed E-state index contributed by atoms with van der Waals surface area (Å²) in [5, 5.41) is 6.18. The molecule has 2 atom stereocenters. The molecule has 0 aliphatic heterocycles. The van der Waals surface area contributed by atoms with E-state index in [2.05, 4.69) is 17.6 Å². The van der Waals surface area contributed by atoms with E-state index in [1.54, 1.807) is 7.11 Å². The molecule has 0 aromatic heterocycles. The average Bonchev–Trinajstić information content (AvgIpc) is 2.45. The first-order chi connectivity index (χ1) is 9.12. The molecule has 0 aliphatic rings. The van der Waals surface area contributed by atoms with Crippen LogP contribution in [0.15, 0.2) is 24.3 Å². The summed E-state index contributed by atoms with van der Waals surface area (Å²) < 4.78 is 5.15. The lowest BCUT2D eigenvalue weighted by Gasteiger charge is -2.22. The standard InChI is InChI=1S/C15H24N2O2/c1-5-14(17-11(3)15(18)16-6-2)12-7-9-13(19-4)10-8-12/h7-11,14,17H,5-6H2,1-4H3,(H,16,18)/t11-,14+/m1/s1. The van der Waals surface area contributed by atoms with E-state index in [-0.39, 0.29) is 18.0 Å². The molecule has 4 nitrogen and oxygen atoms in total. The molecule has 0 fully saturated rings. The molecular formula is C15H24N2O2. The van der Waals surface area contributed by atoms with Crippen LogP contribution in [0.3, 0.4) is 0 Å².